The maximum Gasteiger partial charge on any atom is 0.308 e. The van der Waals surface area contributed by atoms with Crippen LogP contribution in [0.3, 0.4) is 0 Å². The second kappa shape index (κ2) is 5.82. The normalized spacial score (nSPS) is 11.1. The monoisotopic (exact) mass is 255 g/mol. The number of carbonyl (C=O) groups excluding carboxylic acids is 1. The van der Waals surface area contributed by atoms with Crippen LogP contribution in [0, 0.1) is 5.21 Å². The van der Waals surface area contributed by atoms with Gasteiger partial charge in [0, 0.05) is 24.6 Å². The van der Waals surface area contributed by atoms with Crippen molar-refractivity contribution in [3.05, 3.63) is 65.4 Å². The van der Waals surface area contributed by atoms with E-state index >= 15 is 0 Å². The first kappa shape index (κ1) is 12.8. The van der Waals surface area contributed by atoms with Gasteiger partial charge in [-0.25, -0.2) is 0 Å². The van der Waals surface area contributed by atoms with E-state index < -0.39 is 0 Å². The highest BCUT2D eigenvalue weighted by Gasteiger charge is 2.03. The molecule has 2 rings (SSSR count). The van der Waals surface area contributed by atoms with Crippen LogP contribution in [-0.4, -0.2) is 16.9 Å². The zero-order valence-corrected chi connectivity index (χ0v) is 10.4. The van der Waals surface area contributed by atoms with E-state index in [2.05, 4.69) is 0 Å². The van der Waals surface area contributed by atoms with Crippen molar-refractivity contribution in [3.8, 4) is 5.75 Å². The van der Waals surface area contributed by atoms with Crippen molar-refractivity contribution in [1.29, 1.82) is 0 Å². The minimum atomic E-state index is -0.387. The van der Waals surface area contributed by atoms with Crippen molar-refractivity contribution in [1.82, 2.24) is 0 Å². The number of ether oxygens (including phenoxy) is 1. The fourth-order valence-electron chi connectivity index (χ4n) is 1.58. The van der Waals surface area contributed by atoms with Crippen LogP contribution < -0.4 is 4.74 Å². The minimum absolute atomic E-state index is 0.387. The van der Waals surface area contributed by atoms with Crippen LogP contribution in [-0.2, 0) is 4.79 Å². The summed E-state index contributed by atoms with van der Waals surface area (Å²) in [5.74, 6) is 0.0342. The van der Waals surface area contributed by atoms with Crippen molar-refractivity contribution in [2.75, 3.05) is 0 Å². The van der Waals surface area contributed by atoms with E-state index in [1.807, 2.05) is 30.3 Å². The summed E-state index contributed by atoms with van der Waals surface area (Å²) >= 11 is 0. The fourth-order valence-corrected chi connectivity index (χ4v) is 1.58. The van der Waals surface area contributed by atoms with E-state index in [1.165, 1.54) is 13.1 Å². The first-order valence-corrected chi connectivity index (χ1v) is 5.80. The Labute approximate surface area is 111 Å². The Hall–Kier alpha value is -2.62. The first-order chi connectivity index (χ1) is 9.15. The van der Waals surface area contributed by atoms with Crippen LogP contribution in [0.2, 0.25) is 0 Å². The molecule has 0 saturated carbocycles. The maximum absolute atomic E-state index is 11.9. The summed E-state index contributed by atoms with van der Waals surface area (Å²) in [5.41, 5.74) is 1.29. The molecule has 0 aromatic heterocycles. The van der Waals surface area contributed by atoms with Gasteiger partial charge in [0.1, 0.15) is 5.75 Å². The summed E-state index contributed by atoms with van der Waals surface area (Å²) in [5, 5.41) is 11.9. The molecule has 4 nitrogen and oxygen atoms in total. The highest BCUT2D eigenvalue weighted by Crippen LogP contribution is 2.17. The van der Waals surface area contributed by atoms with Gasteiger partial charge in [0.15, 0.2) is 6.21 Å². The minimum Gasteiger partial charge on any atom is -0.618 e. The van der Waals surface area contributed by atoms with E-state index in [9.17, 15) is 10.0 Å². The highest BCUT2D eigenvalue weighted by molar-refractivity contribution is 5.76. The lowest BCUT2D eigenvalue weighted by Gasteiger charge is -2.04. The first-order valence-electron chi connectivity index (χ1n) is 5.80. The molecule has 0 fully saturated rings. The molecule has 0 unspecified atom stereocenters. The summed E-state index contributed by atoms with van der Waals surface area (Å²) in [4.78, 5) is 10.8. The summed E-state index contributed by atoms with van der Waals surface area (Å²) in [7, 11) is 0. The van der Waals surface area contributed by atoms with Gasteiger partial charge in [-0.15, -0.1) is 0 Å². The van der Waals surface area contributed by atoms with Gasteiger partial charge in [-0.05, 0) is 24.3 Å². The molecule has 0 radical (unpaired) electrons. The second-order valence-electron chi connectivity index (χ2n) is 3.95. The molecule has 0 saturated heterocycles. The van der Waals surface area contributed by atoms with E-state index in [1.54, 1.807) is 24.3 Å². The molecule has 0 bridgehead atoms. The Bertz CT molecular complexity index is 589. The van der Waals surface area contributed by atoms with Crippen molar-refractivity contribution in [2.45, 2.75) is 6.92 Å². The number of hydrogen-bond donors (Lipinski definition) is 0. The molecule has 0 spiro atoms. The van der Waals surface area contributed by atoms with E-state index in [4.69, 9.17) is 4.74 Å². The molecule has 0 atom stereocenters. The summed E-state index contributed by atoms with van der Waals surface area (Å²) in [6.45, 7) is 1.33. The molecule has 2 aromatic rings. The standard InChI is InChI=1S/C15H13NO3/c1-12(17)19-15-9-7-14(8-10-15)16(18)11-13-5-3-2-4-6-13/h2-11H,1H3. The molecule has 0 heterocycles. The Kier molecular flexibility index (Phi) is 3.93. The SMILES string of the molecule is CC(=O)Oc1ccc([N+]([O-])=Cc2ccccc2)cc1. The van der Waals surface area contributed by atoms with Crippen molar-refractivity contribution >= 4 is 17.9 Å². The van der Waals surface area contributed by atoms with Crippen LogP contribution in [0.4, 0.5) is 5.69 Å². The number of esters is 1. The molecule has 19 heavy (non-hydrogen) atoms. The Morgan fingerprint density at radius 1 is 1.11 bits per heavy atom. The lowest BCUT2D eigenvalue weighted by atomic mass is 10.2. The summed E-state index contributed by atoms with van der Waals surface area (Å²) in [6.07, 6.45) is 1.49. The molecule has 0 aliphatic heterocycles. The second-order valence-corrected chi connectivity index (χ2v) is 3.95. The molecule has 0 N–H and O–H groups in total. The van der Waals surface area contributed by atoms with Gasteiger partial charge >= 0.3 is 5.97 Å². The third-order valence-corrected chi connectivity index (χ3v) is 2.42. The van der Waals surface area contributed by atoms with Gasteiger partial charge in [0.25, 0.3) is 0 Å². The number of rotatable bonds is 3. The highest BCUT2D eigenvalue weighted by atomic mass is 16.5. The van der Waals surface area contributed by atoms with Crippen LogP contribution >= 0.6 is 0 Å². The van der Waals surface area contributed by atoms with Crippen LogP contribution in [0.25, 0.3) is 0 Å². The molecular weight excluding hydrogens is 242 g/mol. The van der Waals surface area contributed by atoms with Crippen LogP contribution in [0.5, 0.6) is 5.75 Å². The van der Waals surface area contributed by atoms with Crippen molar-refractivity contribution in [3.63, 3.8) is 0 Å². The average molecular weight is 255 g/mol. The average Bonchev–Trinajstić information content (AvgIpc) is 2.40. The smallest absolute Gasteiger partial charge is 0.308 e. The predicted octanol–water partition coefficient (Wildman–Crippen LogP) is 2.87. The topological polar surface area (TPSA) is 52.4 Å². The van der Waals surface area contributed by atoms with Gasteiger partial charge in [0.05, 0.1) is 0 Å². The molecule has 96 valence electrons. The molecule has 4 heteroatoms. The number of nitrogens with zero attached hydrogens (tertiary/aromatic N) is 1. The van der Waals surface area contributed by atoms with Crippen molar-refractivity contribution in [2.24, 2.45) is 0 Å². The summed E-state index contributed by atoms with van der Waals surface area (Å²) in [6, 6.07) is 15.7. The van der Waals surface area contributed by atoms with Gasteiger partial charge in [-0.2, -0.15) is 4.74 Å². The number of carbonyl (C=O) groups is 1. The largest absolute Gasteiger partial charge is 0.618 e. The molecule has 0 aliphatic carbocycles. The third-order valence-electron chi connectivity index (χ3n) is 2.42. The van der Waals surface area contributed by atoms with Crippen LogP contribution in [0.1, 0.15) is 12.5 Å². The van der Waals surface area contributed by atoms with Crippen LogP contribution in [0.15, 0.2) is 54.6 Å². The Balaban J connectivity index is 2.18. The van der Waals surface area contributed by atoms with Gasteiger partial charge < -0.3 is 9.94 Å². The third kappa shape index (κ3) is 3.67. The van der Waals surface area contributed by atoms with Crippen molar-refractivity contribution < 1.29 is 14.3 Å². The summed E-state index contributed by atoms with van der Waals surface area (Å²) < 4.78 is 5.67. The molecule has 0 amide bonds. The quantitative estimate of drug-likeness (QED) is 0.212. The maximum atomic E-state index is 11.9. The fraction of sp³-hybridized carbons (Fsp3) is 0.0667. The molecule has 2 aromatic carbocycles. The number of hydrogen-bond acceptors (Lipinski definition) is 3. The Morgan fingerprint density at radius 2 is 1.74 bits per heavy atom. The molecule has 0 aliphatic rings. The lowest BCUT2D eigenvalue weighted by Crippen LogP contribution is -2.02. The van der Waals surface area contributed by atoms with Gasteiger partial charge in [-0.1, -0.05) is 18.2 Å². The van der Waals surface area contributed by atoms with E-state index in [0.717, 1.165) is 10.3 Å². The van der Waals surface area contributed by atoms with E-state index in [-0.39, 0.29) is 5.97 Å². The zero-order valence-electron chi connectivity index (χ0n) is 10.4. The number of benzene rings is 2. The zero-order chi connectivity index (χ0) is 13.7. The van der Waals surface area contributed by atoms with Gasteiger partial charge in [0.2, 0.25) is 5.69 Å². The molecular formula is C15H13NO3. The predicted molar refractivity (Wildman–Crippen MR) is 72.6 cm³/mol. The van der Waals surface area contributed by atoms with Gasteiger partial charge in [-0.3, -0.25) is 4.79 Å². The Morgan fingerprint density at radius 3 is 2.32 bits per heavy atom. The van der Waals surface area contributed by atoms with E-state index in [0.29, 0.717) is 11.4 Å². The lowest BCUT2D eigenvalue weighted by molar-refractivity contribution is -0.354.